The van der Waals surface area contributed by atoms with Gasteiger partial charge in [-0.05, 0) is 23.8 Å². The molecule has 0 spiro atoms. The zero-order valence-electron chi connectivity index (χ0n) is 12.0. The maximum atomic E-state index is 12.6. The first-order valence-electron chi connectivity index (χ1n) is 6.81. The van der Waals surface area contributed by atoms with Crippen molar-refractivity contribution in [1.82, 2.24) is 5.32 Å². The van der Waals surface area contributed by atoms with Crippen LogP contribution in [0.5, 0.6) is 0 Å². The monoisotopic (exact) mass is 324 g/mol. The van der Waals surface area contributed by atoms with Gasteiger partial charge < -0.3 is 15.7 Å². The standard InChI is InChI=1S/C16H15F3N2O2/c17-16(18,19)12-7-4-8-13(9-12)21-15(23)20-10-14(22)11-5-2-1-3-6-11/h1-9,14,22H,10H2,(H2,20,21,23). The topological polar surface area (TPSA) is 61.4 Å². The molecule has 0 saturated heterocycles. The van der Waals surface area contributed by atoms with Crippen LogP contribution in [0, 0.1) is 0 Å². The van der Waals surface area contributed by atoms with E-state index in [9.17, 15) is 23.1 Å². The molecule has 1 atom stereocenters. The average molecular weight is 324 g/mol. The molecule has 0 radical (unpaired) electrons. The third-order valence-electron chi connectivity index (χ3n) is 3.09. The van der Waals surface area contributed by atoms with E-state index in [1.165, 1.54) is 12.1 Å². The quantitative estimate of drug-likeness (QED) is 0.805. The molecule has 23 heavy (non-hydrogen) atoms. The van der Waals surface area contributed by atoms with Crippen LogP contribution in [0.2, 0.25) is 0 Å². The second-order valence-corrected chi connectivity index (χ2v) is 4.84. The number of benzene rings is 2. The Hall–Kier alpha value is -2.54. The fourth-order valence-electron chi connectivity index (χ4n) is 1.93. The number of anilines is 1. The molecule has 0 aromatic heterocycles. The molecule has 0 aliphatic carbocycles. The Labute approximate surface area is 131 Å². The van der Waals surface area contributed by atoms with Gasteiger partial charge in [-0.1, -0.05) is 36.4 Å². The van der Waals surface area contributed by atoms with Crippen molar-refractivity contribution in [3.05, 3.63) is 65.7 Å². The molecule has 4 nitrogen and oxygen atoms in total. The Balaban J connectivity index is 1.90. The average Bonchev–Trinajstić information content (AvgIpc) is 2.53. The third-order valence-corrected chi connectivity index (χ3v) is 3.09. The van der Waals surface area contributed by atoms with E-state index >= 15 is 0 Å². The first kappa shape index (κ1) is 16.8. The molecule has 1 unspecified atom stereocenters. The largest absolute Gasteiger partial charge is 0.416 e. The maximum absolute atomic E-state index is 12.6. The van der Waals surface area contributed by atoms with Gasteiger partial charge in [0.05, 0.1) is 11.7 Å². The molecule has 0 saturated carbocycles. The molecule has 2 aromatic carbocycles. The second-order valence-electron chi connectivity index (χ2n) is 4.84. The number of aliphatic hydroxyl groups excluding tert-OH is 1. The summed E-state index contributed by atoms with van der Waals surface area (Å²) >= 11 is 0. The third kappa shape index (κ3) is 5.00. The van der Waals surface area contributed by atoms with Gasteiger partial charge in [-0.2, -0.15) is 13.2 Å². The van der Waals surface area contributed by atoms with Gasteiger partial charge in [0.2, 0.25) is 0 Å². The van der Waals surface area contributed by atoms with Gasteiger partial charge >= 0.3 is 12.2 Å². The molecule has 3 N–H and O–H groups in total. The van der Waals surface area contributed by atoms with Crippen LogP contribution in [0.15, 0.2) is 54.6 Å². The predicted octanol–water partition coefficient (Wildman–Crippen LogP) is 3.56. The maximum Gasteiger partial charge on any atom is 0.416 e. The number of hydrogen-bond acceptors (Lipinski definition) is 2. The Bertz CT molecular complexity index is 660. The number of alkyl halides is 3. The summed E-state index contributed by atoms with van der Waals surface area (Å²) in [6, 6.07) is 12.3. The Morgan fingerprint density at radius 2 is 1.78 bits per heavy atom. The summed E-state index contributed by atoms with van der Waals surface area (Å²) in [6.07, 6.45) is -5.37. The number of carbonyl (C=O) groups is 1. The number of carbonyl (C=O) groups excluding carboxylic acids is 1. The van der Waals surface area contributed by atoms with Gasteiger partial charge in [0.1, 0.15) is 0 Å². The van der Waals surface area contributed by atoms with Crippen LogP contribution < -0.4 is 10.6 Å². The summed E-state index contributed by atoms with van der Waals surface area (Å²) in [6.45, 7) is -0.0607. The predicted molar refractivity (Wildman–Crippen MR) is 79.9 cm³/mol. The number of nitrogens with one attached hydrogen (secondary N) is 2. The fraction of sp³-hybridized carbons (Fsp3) is 0.188. The summed E-state index contributed by atoms with van der Waals surface area (Å²) in [4.78, 5) is 11.7. The summed E-state index contributed by atoms with van der Waals surface area (Å²) < 4.78 is 37.8. The van der Waals surface area contributed by atoms with Crippen molar-refractivity contribution in [2.45, 2.75) is 12.3 Å². The normalized spacial score (nSPS) is 12.5. The van der Waals surface area contributed by atoms with Gasteiger partial charge in [-0.3, -0.25) is 0 Å². The van der Waals surface area contributed by atoms with E-state index in [0.717, 1.165) is 12.1 Å². The summed E-state index contributed by atoms with van der Waals surface area (Å²) in [7, 11) is 0. The van der Waals surface area contributed by atoms with Crippen LogP contribution in [0.4, 0.5) is 23.7 Å². The molecule has 122 valence electrons. The minimum atomic E-state index is -4.47. The summed E-state index contributed by atoms with van der Waals surface area (Å²) in [5.41, 5.74) is -0.196. The lowest BCUT2D eigenvalue weighted by molar-refractivity contribution is -0.137. The molecule has 7 heteroatoms. The van der Waals surface area contributed by atoms with E-state index in [1.807, 2.05) is 0 Å². The van der Waals surface area contributed by atoms with Crippen LogP contribution in [0.3, 0.4) is 0 Å². The molecule has 2 rings (SSSR count). The van der Waals surface area contributed by atoms with E-state index in [-0.39, 0.29) is 12.2 Å². The molecular weight excluding hydrogens is 309 g/mol. The number of urea groups is 1. The minimum absolute atomic E-state index is 0.0199. The van der Waals surface area contributed by atoms with Crippen molar-refractivity contribution in [1.29, 1.82) is 0 Å². The molecule has 2 amide bonds. The van der Waals surface area contributed by atoms with Crippen LogP contribution in [-0.2, 0) is 6.18 Å². The lowest BCUT2D eigenvalue weighted by Gasteiger charge is -2.13. The summed E-state index contributed by atoms with van der Waals surface area (Å²) in [5, 5.41) is 14.6. The number of aliphatic hydroxyl groups is 1. The lowest BCUT2D eigenvalue weighted by atomic mass is 10.1. The Morgan fingerprint density at radius 1 is 1.09 bits per heavy atom. The van der Waals surface area contributed by atoms with Crippen LogP contribution in [-0.4, -0.2) is 17.7 Å². The van der Waals surface area contributed by atoms with Crippen molar-refractivity contribution in [2.24, 2.45) is 0 Å². The number of rotatable bonds is 4. The summed E-state index contributed by atoms with van der Waals surface area (Å²) in [5.74, 6) is 0. The lowest BCUT2D eigenvalue weighted by Crippen LogP contribution is -2.32. The van der Waals surface area contributed by atoms with E-state index in [1.54, 1.807) is 30.3 Å². The molecule has 0 fully saturated rings. The van der Waals surface area contributed by atoms with Crippen molar-refractivity contribution >= 4 is 11.7 Å². The highest BCUT2D eigenvalue weighted by atomic mass is 19.4. The highest BCUT2D eigenvalue weighted by molar-refractivity contribution is 5.89. The zero-order chi connectivity index (χ0) is 16.9. The molecule has 0 heterocycles. The molecule has 2 aromatic rings. The second kappa shape index (κ2) is 7.15. The van der Waals surface area contributed by atoms with E-state index in [4.69, 9.17) is 0 Å². The Kier molecular flexibility index (Phi) is 5.23. The van der Waals surface area contributed by atoms with Crippen molar-refractivity contribution in [2.75, 3.05) is 11.9 Å². The van der Waals surface area contributed by atoms with Gasteiger partial charge in [0.15, 0.2) is 0 Å². The van der Waals surface area contributed by atoms with Crippen LogP contribution in [0.1, 0.15) is 17.2 Å². The molecule has 0 aliphatic rings. The van der Waals surface area contributed by atoms with Gasteiger partial charge in [-0.25, -0.2) is 4.79 Å². The number of halogens is 3. The first-order valence-corrected chi connectivity index (χ1v) is 6.81. The molecule has 0 aliphatic heterocycles. The number of hydrogen-bond donors (Lipinski definition) is 3. The van der Waals surface area contributed by atoms with E-state index in [2.05, 4.69) is 10.6 Å². The Morgan fingerprint density at radius 3 is 2.43 bits per heavy atom. The van der Waals surface area contributed by atoms with Crippen LogP contribution in [0.25, 0.3) is 0 Å². The van der Waals surface area contributed by atoms with Crippen molar-refractivity contribution < 1.29 is 23.1 Å². The van der Waals surface area contributed by atoms with Gasteiger partial charge in [0.25, 0.3) is 0 Å². The van der Waals surface area contributed by atoms with Crippen molar-refractivity contribution in [3.8, 4) is 0 Å². The smallest absolute Gasteiger partial charge is 0.387 e. The number of amides is 2. The van der Waals surface area contributed by atoms with E-state index in [0.29, 0.717) is 5.56 Å². The van der Waals surface area contributed by atoms with E-state index < -0.39 is 23.9 Å². The SMILES string of the molecule is O=C(NCC(O)c1ccccc1)Nc1cccc(C(F)(F)F)c1. The highest BCUT2D eigenvalue weighted by Crippen LogP contribution is 2.30. The highest BCUT2D eigenvalue weighted by Gasteiger charge is 2.30. The van der Waals surface area contributed by atoms with Crippen LogP contribution >= 0.6 is 0 Å². The minimum Gasteiger partial charge on any atom is -0.387 e. The first-order chi connectivity index (χ1) is 10.9. The van der Waals surface area contributed by atoms with Gasteiger partial charge in [-0.15, -0.1) is 0 Å². The molecular formula is C16H15F3N2O2. The van der Waals surface area contributed by atoms with Gasteiger partial charge in [0, 0.05) is 12.2 Å². The van der Waals surface area contributed by atoms with Crippen molar-refractivity contribution in [3.63, 3.8) is 0 Å². The zero-order valence-corrected chi connectivity index (χ0v) is 12.0. The molecule has 0 bridgehead atoms. The fourth-order valence-corrected chi connectivity index (χ4v) is 1.93.